The predicted molar refractivity (Wildman–Crippen MR) is 109 cm³/mol. The minimum Gasteiger partial charge on any atom is -0.342 e. The Balaban J connectivity index is 1.48. The molecule has 1 aromatic carbocycles. The predicted octanol–water partition coefficient (Wildman–Crippen LogP) is 3.17. The van der Waals surface area contributed by atoms with Crippen molar-refractivity contribution in [2.45, 2.75) is 38.1 Å². The molecule has 2 aliphatic heterocycles. The van der Waals surface area contributed by atoms with Crippen molar-refractivity contribution >= 4 is 11.8 Å². The van der Waals surface area contributed by atoms with Crippen LogP contribution in [0.2, 0.25) is 0 Å². The molecule has 2 saturated heterocycles. The van der Waals surface area contributed by atoms with Gasteiger partial charge in [-0.2, -0.15) is 0 Å². The van der Waals surface area contributed by atoms with Crippen LogP contribution < -0.4 is 0 Å². The number of hydrogen-bond acceptors (Lipinski definition) is 3. The van der Waals surface area contributed by atoms with E-state index in [9.17, 15) is 14.0 Å². The van der Waals surface area contributed by atoms with Crippen LogP contribution in [0.4, 0.5) is 4.39 Å². The molecule has 1 spiro atoms. The van der Waals surface area contributed by atoms with E-state index in [4.69, 9.17) is 0 Å². The second kappa shape index (κ2) is 7.22. The topological polar surface area (TPSA) is 58.4 Å². The van der Waals surface area contributed by atoms with Crippen molar-refractivity contribution in [3.8, 4) is 0 Å². The zero-order chi connectivity index (χ0) is 20.9. The number of amides is 2. The van der Waals surface area contributed by atoms with Crippen molar-refractivity contribution < 1.29 is 14.0 Å². The van der Waals surface area contributed by atoms with Crippen LogP contribution in [0, 0.1) is 17.2 Å². The van der Waals surface area contributed by atoms with E-state index in [0.29, 0.717) is 24.4 Å². The Bertz CT molecular complexity index is 985. The first-order valence-corrected chi connectivity index (χ1v) is 10.8. The number of benzene rings is 1. The molecule has 30 heavy (non-hydrogen) atoms. The fourth-order valence-electron chi connectivity index (χ4n) is 5.13. The molecule has 6 nitrogen and oxygen atoms in total. The SMILES string of the molecule is Cn1cnc([C@H]2C[C@@]3(CCCN(CC4CC4)C3=O)CN2C(=O)c2cccc(F)c2)c1. The minimum atomic E-state index is -0.571. The highest BCUT2D eigenvalue weighted by Gasteiger charge is 2.54. The lowest BCUT2D eigenvalue weighted by atomic mass is 9.76. The van der Waals surface area contributed by atoms with E-state index >= 15 is 0 Å². The van der Waals surface area contributed by atoms with Gasteiger partial charge in [-0.3, -0.25) is 9.59 Å². The van der Waals surface area contributed by atoms with Gasteiger partial charge in [-0.1, -0.05) is 6.07 Å². The van der Waals surface area contributed by atoms with Gasteiger partial charge in [0.05, 0.1) is 23.5 Å². The number of aryl methyl sites for hydroxylation is 1. The normalized spacial score (nSPS) is 26.6. The summed E-state index contributed by atoms with van der Waals surface area (Å²) < 4.78 is 15.6. The van der Waals surface area contributed by atoms with Crippen molar-refractivity contribution in [1.82, 2.24) is 19.4 Å². The Hall–Kier alpha value is -2.70. The summed E-state index contributed by atoms with van der Waals surface area (Å²) in [5.74, 6) is 0.140. The van der Waals surface area contributed by atoms with Gasteiger partial charge in [-0.15, -0.1) is 0 Å². The second-order valence-corrected chi connectivity index (χ2v) is 9.21. The fraction of sp³-hybridized carbons (Fsp3) is 0.522. The highest BCUT2D eigenvalue weighted by molar-refractivity contribution is 5.96. The van der Waals surface area contributed by atoms with Crippen molar-refractivity contribution in [1.29, 1.82) is 0 Å². The lowest BCUT2D eigenvalue weighted by Gasteiger charge is -2.39. The van der Waals surface area contributed by atoms with Gasteiger partial charge in [-0.05, 0) is 56.2 Å². The third kappa shape index (κ3) is 3.40. The number of likely N-dealkylation sites (tertiary alicyclic amines) is 2. The Labute approximate surface area is 175 Å². The molecular formula is C23H27FN4O2. The van der Waals surface area contributed by atoms with Gasteiger partial charge < -0.3 is 14.4 Å². The van der Waals surface area contributed by atoms with E-state index in [1.807, 2.05) is 22.7 Å². The molecule has 0 N–H and O–H groups in total. The summed E-state index contributed by atoms with van der Waals surface area (Å²) >= 11 is 0. The van der Waals surface area contributed by atoms with Crippen LogP contribution in [-0.2, 0) is 11.8 Å². The molecule has 5 rings (SSSR count). The molecule has 2 aromatic rings. The number of rotatable bonds is 4. The average molecular weight is 410 g/mol. The Morgan fingerprint density at radius 3 is 2.87 bits per heavy atom. The molecule has 3 fully saturated rings. The van der Waals surface area contributed by atoms with Crippen molar-refractivity contribution in [2.24, 2.45) is 18.4 Å². The number of carbonyl (C=O) groups excluding carboxylic acids is 2. The standard InChI is InChI=1S/C23H27FN4O2/c1-26-13-19(25-15-26)20-11-23(8-3-9-27(22(23)30)12-16-6-7-16)14-28(20)21(29)17-4-2-5-18(24)10-17/h2,4-5,10,13,15-16,20H,3,6-9,11-12,14H2,1H3/t20-,23+/m1/s1. The third-order valence-electron chi connectivity index (χ3n) is 6.83. The first kappa shape index (κ1) is 19.3. The van der Waals surface area contributed by atoms with Crippen LogP contribution in [-0.4, -0.2) is 50.8 Å². The first-order chi connectivity index (χ1) is 14.4. The summed E-state index contributed by atoms with van der Waals surface area (Å²) in [5, 5.41) is 0. The number of hydrogen-bond donors (Lipinski definition) is 0. The van der Waals surface area contributed by atoms with E-state index in [-0.39, 0.29) is 17.9 Å². The first-order valence-electron chi connectivity index (χ1n) is 10.8. The molecule has 1 aromatic heterocycles. The highest BCUT2D eigenvalue weighted by atomic mass is 19.1. The van der Waals surface area contributed by atoms with Gasteiger partial charge in [0.2, 0.25) is 5.91 Å². The largest absolute Gasteiger partial charge is 0.342 e. The maximum absolute atomic E-state index is 13.8. The van der Waals surface area contributed by atoms with E-state index < -0.39 is 11.2 Å². The number of nitrogens with zero attached hydrogens (tertiary/aromatic N) is 4. The number of halogens is 1. The van der Waals surface area contributed by atoms with Crippen molar-refractivity contribution in [3.05, 3.63) is 53.9 Å². The molecule has 1 saturated carbocycles. The summed E-state index contributed by atoms with van der Waals surface area (Å²) in [6.45, 7) is 2.01. The maximum atomic E-state index is 13.8. The Morgan fingerprint density at radius 1 is 1.33 bits per heavy atom. The van der Waals surface area contributed by atoms with Crippen molar-refractivity contribution in [3.63, 3.8) is 0 Å². The minimum absolute atomic E-state index is 0.177. The van der Waals surface area contributed by atoms with Gasteiger partial charge in [-0.25, -0.2) is 9.37 Å². The molecule has 158 valence electrons. The van der Waals surface area contributed by atoms with E-state index in [0.717, 1.165) is 31.6 Å². The van der Waals surface area contributed by atoms with Gasteiger partial charge in [0.15, 0.2) is 0 Å². The molecule has 3 aliphatic rings. The lowest BCUT2D eigenvalue weighted by Crippen LogP contribution is -2.50. The quantitative estimate of drug-likeness (QED) is 0.778. The monoisotopic (exact) mass is 410 g/mol. The van der Waals surface area contributed by atoms with Crippen LogP contribution >= 0.6 is 0 Å². The molecule has 3 heterocycles. The Morgan fingerprint density at radius 2 is 2.17 bits per heavy atom. The summed E-state index contributed by atoms with van der Waals surface area (Å²) in [5.41, 5.74) is 0.524. The van der Waals surface area contributed by atoms with Crippen LogP contribution in [0.25, 0.3) is 0 Å². The average Bonchev–Trinajstić information content (AvgIpc) is 3.31. The molecular weight excluding hydrogens is 383 g/mol. The number of carbonyl (C=O) groups is 2. The number of piperidine rings is 1. The summed E-state index contributed by atoms with van der Waals surface area (Å²) in [4.78, 5) is 35.2. The molecule has 2 amide bonds. The van der Waals surface area contributed by atoms with Gasteiger partial charge >= 0.3 is 0 Å². The number of imidazole rings is 1. The third-order valence-corrected chi connectivity index (χ3v) is 6.83. The lowest BCUT2D eigenvalue weighted by molar-refractivity contribution is -0.145. The zero-order valence-electron chi connectivity index (χ0n) is 17.3. The fourth-order valence-corrected chi connectivity index (χ4v) is 5.13. The maximum Gasteiger partial charge on any atom is 0.254 e. The summed E-state index contributed by atoms with van der Waals surface area (Å²) in [7, 11) is 1.89. The van der Waals surface area contributed by atoms with Crippen molar-refractivity contribution in [2.75, 3.05) is 19.6 Å². The molecule has 7 heteroatoms. The smallest absolute Gasteiger partial charge is 0.254 e. The van der Waals surface area contributed by atoms with E-state index in [1.54, 1.807) is 23.4 Å². The Kier molecular flexibility index (Phi) is 4.64. The zero-order valence-corrected chi connectivity index (χ0v) is 17.3. The van der Waals surface area contributed by atoms with Crippen LogP contribution in [0.3, 0.4) is 0 Å². The van der Waals surface area contributed by atoms with E-state index in [1.165, 1.54) is 25.0 Å². The molecule has 0 bridgehead atoms. The van der Waals surface area contributed by atoms with Gasteiger partial charge in [0.25, 0.3) is 5.91 Å². The van der Waals surface area contributed by atoms with Gasteiger partial charge in [0.1, 0.15) is 5.82 Å². The summed E-state index contributed by atoms with van der Waals surface area (Å²) in [6, 6.07) is 5.50. The molecule has 0 unspecified atom stereocenters. The molecule has 2 atom stereocenters. The van der Waals surface area contributed by atoms with Gasteiger partial charge in [0, 0.05) is 38.4 Å². The van der Waals surface area contributed by atoms with Crippen LogP contribution in [0.15, 0.2) is 36.8 Å². The number of aromatic nitrogens is 2. The van der Waals surface area contributed by atoms with Crippen LogP contribution in [0.5, 0.6) is 0 Å². The van der Waals surface area contributed by atoms with E-state index in [2.05, 4.69) is 4.98 Å². The summed E-state index contributed by atoms with van der Waals surface area (Å²) in [6.07, 6.45) is 8.34. The molecule has 1 aliphatic carbocycles. The molecule has 0 radical (unpaired) electrons. The highest BCUT2D eigenvalue weighted by Crippen LogP contribution is 2.49. The second-order valence-electron chi connectivity index (χ2n) is 9.21. The van der Waals surface area contributed by atoms with Crippen LogP contribution in [0.1, 0.15) is 54.2 Å².